The van der Waals surface area contributed by atoms with Crippen LogP contribution in [0, 0.1) is 0 Å². The summed E-state index contributed by atoms with van der Waals surface area (Å²) in [6.45, 7) is 15.1. The van der Waals surface area contributed by atoms with Crippen molar-refractivity contribution in [1.82, 2.24) is 9.80 Å². The van der Waals surface area contributed by atoms with Gasteiger partial charge in [0.15, 0.2) is 18.3 Å². The Labute approximate surface area is 415 Å². The molecule has 0 saturated carbocycles. The lowest BCUT2D eigenvalue weighted by Gasteiger charge is -2.26. The minimum absolute atomic E-state index is 0.0536. The number of rotatable bonds is 18. The molecule has 0 aliphatic carbocycles. The van der Waals surface area contributed by atoms with E-state index >= 15 is 0 Å². The average Bonchev–Trinajstić information content (AvgIpc) is 4.11. The molecular formula is C52H66Cl2N2O13. The third kappa shape index (κ3) is 23.2. The Hall–Kier alpha value is -5.39. The van der Waals surface area contributed by atoms with Crippen LogP contribution in [0.5, 0.6) is 0 Å². The summed E-state index contributed by atoms with van der Waals surface area (Å²) in [5, 5.41) is 21.7. The number of epoxide rings is 1. The standard InChI is InChI=1S/C25H32ClNO5.C23H28ClNO5.C4H6O3/c1-17(2)31-24(30)22(28)15-27(16-23(29)32-25(3,4)5)14-18-9-11-19(12-10-18)20-7-6-8-21(26)13-20;1-23(2,3)30-21(27)15-25(14-20(26)22(28)29-4)13-16-8-10-17(11-9-16)18-6-5-7-19(24)12-18;1-6-4(5)3-2-7-3/h6-13,17,22,28H,14-16H2,1-5H3;5-12,20,26H,13-15H2,1-4H3;3H,2H2,1H3/t22-;20-;3-/m000/s1. The second-order valence-corrected chi connectivity index (χ2v) is 19.2. The molecule has 3 atom stereocenters. The molecule has 1 heterocycles. The minimum Gasteiger partial charge on any atom is -0.467 e. The number of benzene rings is 4. The Kier molecular flexibility index (Phi) is 23.3. The van der Waals surface area contributed by atoms with Crippen molar-refractivity contribution in [1.29, 1.82) is 0 Å². The van der Waals surface area contributed by atoms with E-state index in [4.69, 9.17) is 37.4 Å². The molecule has 5 rings (SSSR count). The summed E-state index contributed by atoms with van der Waals surface area (Å²) in [4.78, 5) is 61.9. The zero-order chi connectivity index (χ0) is 51.5. The highest BCUT2D eigenvalue weighted by atomic mass is 35.5. The van der Waals surface area contributed by atoms with Crippen molar-refractivity contribution < 1.29 is 62.6 Å². The minimum atomic E-state index is -1.37. The normalized spacial score (nSPS) is 14.0. The number of methoxy groups -OCH3 is 2. The Balaban J connectivity index is 0.000000319. The van der Waals surface area contributed by atoms with Crippen molar-refractivity contribution in [2.45, 2.75) is 104 Å². The van der Waals surface area contributed by atoms with E-state index in [0.29, 0.717) is 29.7 Å². The van der Waals surface area contributed by atoms with Crippen LogP contribution < -0.4 is 0 Å². The summed E-state index contributed by atoms with van der Waals surface area (Å²) in [7, 11) is 2.56. The maximum atomic E-state index is 12.4. The van der Waals surface area contributed by atoms with Crippen molar-refractivity contribution in [3.05, 3.63) is 118 Å². The van der Waals surface area contributed by atoms with Crippen molar-refractivity contribution in [2.75, 3.05) is 47.0 Å². The highest BCUT2D eigenvalue weighted by molar-refractivity contribution is 6.31. The van der Waals surface area contributed by atoms with E-state index in [0.717, 1.165) is 33.4 Å². The zero-order valence-corrected chi connectivity index (χ0v) is 42.5. The molecule has 15 nitrogen and oxygen atoms in total. The fourth-order valence-electron chi connectivity index (χ4n) is 6.34. The number of aliphatic hydroxyl groups is 2. The number of halogens is 2. The number of hydrogen-bond acceptors (Lipinski definition) is 15. The summed E-state index contributed by atoms with van der Waals surface area (Å²) in [6.07, 6.45) is -3.31. The third-order valence-electron chi connectivity index (χ3n) is 9.34. The molecule has 4 aromatic carbocycles. The molecule has 69 heavy (non-hydrogen) atoms. The molecule has 1 aliphatic rings. The van der Waals surface area contributed by atoms with Crippen LogP contribution in [0.1, 0.15) is 66.5 Å². The van der Waals surface area contributed by atoms with E-state index in [-0.39, 0.29) is 44.4 Å². The molecule has 0 spiro atoms. The van der Waals surface area contributed by atoms with Gasteiger partial charge < -0.3 is 38.6 Å². The summed E-state index contributed by atoms with van der Waals surface area (Å²) < 4.78 is 29.3. The molecule has 2 N–H and O–H groups in total. The molecule has 0 radical (unpaired) electrons. The van der Waals surface area contributed by atoms with Gasteiger partial charge in [0.2, 0.25) is 0 Å². The topological polar surface area (TPSA) is 191 Å². The molecule has 0 unspecified atom stereocenters. The van der Waals surface area contributed by atoms with Gasteiger partial charge in [-0.25, -0.2) is 14.4 Å². The van der Waals surface area contributed by atoms with E-state index in [1.807, 2.05) is 97.1 Å². The van der Waals surface area contributed by atoms with E-state index < -0.39 is 47.3 Å². The van der Waals surface area contributed by atoms with E-state index in [2.05, 4.69) is 14.2 Å². The molecule has 1 fully saturated rings. The SMILES string of the molecule is CC(C)OC(=O)[C@@H](O)CN(CC(=O)OC(C)(C)C)Cc1ccc(-c2cccc(Cl)c2)cc1.COC(=O)[C@@H](O)CN(CC(=O)OC(C)(C)C)Cc1ccc(-c2cccc(Cl)c2)cc1.COC(=O)[C@@H]1CO1. The third-order valence-corrected chi connectivity index (χ3v) is 9.81. The molecule has 4 aromatic rings. The summed E-state index contributed by atoms with van der Waals surface area (Å²) >= 11 is 12.1. The van der Waals surface area contributed by atoms with Crippen molar-refractivity contribution >= 4 is 53.0 Å². The zero-order valence-electron chi connectivity index (χ0n) is 41.0. The Bertz CT molecular complexity index is 2270. The van der Waals surface area contributed by atoms with Crippen LogP contribution in [-0.2, 0) is 65.5 Å². The van der Waals surface area contributed by atoms with E-state index in [1.165, 1.54) is 14.2 Å². The average molecular weight is 998 g/mol. The van der Waals surface area contributed by atoms with E-state index in [9.17, 15) is 34.2 Å². The largest absolute Gasteiger partial charge is 0.467 e. The Morgan fingerprint density at radius 1 is 0.623 bits per heavy atom. The first-order chi connectivity index (χ1) is 32.3. The quantitative estimate of drug-likeness (QED) is 0.0560. The van der Waals surface area contributed by atoms with Crippen LogP contribution in [0.2, 0.25) is 10.0 Å². The number of aliphatic hydroxyl groups excluding tert-OH is 2. The highest BCUT2D eigenvalue weighted by Gasteiger charge is 2.32. The molecule has 0 aromatic heterocycles. The second kappa shape index (κ2) is 27.7. The lowest BCUT2D eigenvalue weighted by Crippen LogP contribution is -2.42. The predicted octanol–water partition coefficient (Wildman–Crippen LogP) is 7.71. The van der Waals surface area contributed by atoms with Gasteiger partial charge in [-0.2, -0.15) is 0 Å². The number of ether oxygens (including phenoxy) is 6. The number of carbonyl (C=O) groups excluding carboxylic acids is 5. The number of carbonyl (C=O) groups is 5. The van der Waals surface area contributed by atoms with Crippen molar-refractivity contribution in [3.8, 4) is 22.3 Å². The van der Waals surface area contributed by atoms with Crippen LogP contribution in [0.4, 0.5) is 0 Å². The fourth-order valence-corrected chi connectivity index (χ4v) is 6.72. The lowest BCUT2D eigenvalue weighted by molar-refractivity contribution is -0.162. The van der Waals surface area contributed by atoms with Gasteiger partial charge in [0.25, 0.3) is 0 Å². The Morgan fingerprint density at radius 3 is 1.32 bits per heavy atom. The molecule has 1 saturated heterocycles. The summed E-state index contributed by atoms with van der Waals surface area (Å²) in [5.41, 5.74) is 4.61. The number of hydrogen-bond donors (Lipinski definition) is 2. The first kappa shape index (κ1) is 57.9. The first-order valence-electron chi connectivity index (χ1n) is 22.3. The van der Waals surface area contributed by atoms with Gasteiger partial charge in [-0.1, -0.05) is 96.0 Å². The van der Waals surface area contributed by atoms with Crippen molar-refractivity contribution in [2.24, 2.45) is 0 Å². The van der Waals surface area contributed by atoms with Gasteiger partial charge in [0.05, 0.1) is 40.0 Å². The van der Waals surface area contributed by atoms with Gasteiger partial charge in [-0.05, 0) is 113 Å². The number of nitrogens with zero attached hydrogens (tertiary/aromatic N) is 2. The smallest absolute Gasteiger partial charge is 0.337 e. The van der Waals surface area contributed by atoms with E-state index in [1.54, 1.807) is 65.2 Å². The molecule has 1 aliphatic heterocycles. The van der Waals surface area contributed by atoms with Gasteiger partial charge in [-0.15, -0.1) is 0 Å². The predicted molar refractivity (Wildman–Crippen MR) is 263 cm³/mol. The van der Waals surface area contributed by atoms with Crippen LogP contribution >= 0.6 is 23.2 Å². The highest BCUT2D eigenvalue weighted by Crippen LogP contribution is 2.25. The molecule has 0 bridgehead atoms. The van der Waals surface area contributed by atoms with Crippen molar-refractivity contribution in [3.63, 3.8) is 0 Å². The van der Waals surface area contributed by atoms with Gasteiger partial charge in [0.1, 0.15) is 11.2 Å². The molecule has 0 amide bonds. The first-order valence-corrected chi connectivity index (χ1v) is 23.0. The number of esters is 5. The van der Waals surface area contributed by atoms with Crippen LogP contribution in [-0.4, -0.2) is 132 Å². The van der Waals surface area contributed by atoms with Crippen LogP contribution in [0.25, 0.3) is 22.3 Å². The van der Waals surface area contributed by atoms with Crippen LogP contribution in [0.3, 0.4) is 0 Å². The van der Waals surface area contributed by atoms with Gasteiger partial charge >= 0.3 is 29.8 Å². The maximum Gasteiger partial charge on any atom is 0.337 e. The Morgan fingerprint density at radius 2 is 1.01 bits per heavy atom. The molecule has 17 heteroatoms. The second-order valence-electron chi connectivity index (χ2n) is 18.3. The molecular weight excluding hydrogens is 931 g/mol. The molecule has 376 valence electrons. The lowest BCUT2D eigenvalue weighted by atomic mass is 10.0. The van der Waals surface area contributed by atoms with Gasteiger partial charge in [-0.3, -0.25) is 19.4 Å². The van der Waals surface area contributed by atoms with Crippen LogP contribution in [0.15, 0.2) is 97.1 Å². The van der Waals surface area contributed by atoms with Gasteiger partial charge in [0, 0.05) is 36.2 Å². The fraction of sp³-hybridized carbons (Fsp3) is 0.442. The maximum absolute atomic E-state index is 12.4. The monoisotopic (exact) mass is 996 g/mol. The summed E-state index contributed by atoms with van der Waals surface area (Å²) in [6, 6.07) is 30.8. The summed E-state index contributed by atoms with van der Waals surface area (Å²) in [5.74, 6) is -2.60.